The van der Waals surface area contributed by atoms with E-state index in [9.17, 15) is 0 Å². The maximum Gasteiger partial charge on any atom is 0.181 e. The quantitative estimate of drug-likeness (QED) is 0.511. The summed E-state index contributed by atoms with van der Waals surface area (Å²) in [6.45, 7) is 0. The second-order valence-electron chi connectivity index (χ2n) is 1.94. The van der Waals surface area contributed by atoms with Crippen LogP contribution in [0.4, 0.5) is 5.69 Å². The monoisotopic (exact) mass is 148 g/mol. The third-order valence-electron chi connectivity index (χ3n) is 1.30. The van der Waals surface area contributed by atoms with Gasteiger partial charge in [-0.05, 0) is 12.1 Å². The van der Waals surface area contributed by atoms with E-state index in [2.05, 4.69) is 5.32 Å². The molecule has 0 bridgehead atoms. The fourth-order valence-electron chi connectivity index (χ4n) is 0.808. The van der Waals surface area contributed by atoms with Gasteiger partial charge in [-0.3, -0.25) is 5.32 Å². The summed E-state index contributed by atoms with van der Waals surface area (Å²) in [4.78, 5) is 0. The SMILES string of the molecule is COc1ccccc1NC#N. The average molecular weight is 148 g/mol. The molecular formula is C8H8N2O. The van der Waals surface area contributed by atoms with Gasteiger partial charge in [-0.1, -0.05) is 12.1 Å². The van der Waals surface area contributed by atoms with Crippen molar-refractivity contribution in [3.8, 4) is 11.9 Å². The maximum atomic E-state index is 8.32. The van der Waals surface area contributed by atoms with Gasteiger partial charge in [0, 0.05) is 0 Å². The Kier molecular flexibility index (Phi) is 2.34. The summed E-state index contributed by atoms with van der Waals surface area (Å²) in [7, 11) is 1.57. The van der Waals surface area contributed by atoms with Gasteiger partial charge in [-0.15, -0.1) is 0 Å². The normalized spacial score (nSPS) is 8.36. The first kappa shape index (κ1) is 7.42. The van der Waals surface area contributed by atoms with Crippen LogP contribution in [0.15, 0.2) is 24.3 Å². The molecule has 0 aliphatic heterocycles. The third-order valence-corrected chi connectivity index (χ3v) is 1.30. The van der Waals surface area contributed by atoms with E-state index in [-0.39, 0.29) is 0 Å². The van der Waals surface area contributed by atoms with E-state index in [4.69, 9.17) is 10.00 Å². The van der Waals surface area contributed by atoms with Crippen molar-refractivity contribution in [1.82, 2.24) is 0 Å². The van der Waals surface area contributed by atoms with Gasteiger partial charge in [0.1, 0.15) is 5.75 Å². The van der Waals surface area contributed by atoms with E-state index < -0.39 is 0 Å². The lowest BCUT2D eigenvalue weighted by Gasteiger charge is -2.03. The van der Waals surface area contributed by atoms with Gasteiger partial charge in [0.2, 0.25) is 0 Å². The van der Waals surface area contributed by atoms with Crippen molar-refractivity contribution in [3.63, 3.8) is 0 Å². The molecule has 0 saturated carbocycles. The summed E-state index contributed by atoms with van der Waals surface area (Å²) >= 11 is 0. The zero-order valence-corrected chi connectivity index (χ0v) is 6.16. The molecule has 1 aromatic rings. The van der Waals surface area contributed by atoms with Crippen LogP contribution >= 0.6 is 0 Å². The minimum absolute atomic E-state index is 0.675. The molecule has 0 aliphatic carbocycles. The molecule has 0 heterocycles. The molecule has 0 radical (unpaired) electrons. The van der Waals surface area contributed by atoms with Crippen molar-refractivity contribution in [2.24, 2.45) is 0 Å². The van der Waals surface area contributed by atoms with Crippen molar-refractivity contribution in [1.29, 1.82) is 5.26 Å². The molecular weight excluding hydrogens is 140 g/mol. The summed E-state index contributed by atoms with van der Waals surface area (Å²) in [6, 6.07) is 7.26. The second-order valence-corrected chi connectivity index (χ2v) is 1.94. The molecule has 0 atom stereocenters. The van der Waals surface area contributed by atoms with Crippen molar-refractivity contribution < 1.29 is 4.74 Å². The Morgan fingerprint density at radius 2 is 2.18 bits per heavy atom. The molecule has 0 unspecified atom stereocenters. The average Bonchev–Trinajstić information content (AvgIpc) is 2.06. The number of nitrogens with zero attached hydrogens (tertiary/aromatic N) is 1. The van der Waals surface area contributed by atoms with Gasteiger partial charge >= 0.3 is 0 Å². The lowest BCUT2D eigenvalue weighted by molar-refractivity contribution is 0.417. The number of rotatable bonds is 2. The van der Waals surface area contributed by atoms with Crippen LogP contribution in [0.25, 0.3) is 0 Å². The molecule has 11 heavy (non-hydrogen) atoms. The summed E-state index contributed by atoms with van der Waals surface area (Å²) in [5.74, 6) is 0.675. The number of nitrogens with one attached hydrogen (secondary N) is 1. The Balaban J connectivity index is 2.94. The Bertz CT molecular complexity index is 278. The summed E-state index contributed by atoms with van der Waals surface area (Å²) in [5.41, 5.74) is 0.692. The zero-order chi connectivity index (χ0) is 8.10. The smallest absolute Gasteiger partial charge is 0.181 e. The fourth-order valence-corrected chi connectivity index (χ4v) is 0.808. The van der Waals surface area contributed by atoms with Crippen LogP contribution in [0.3, 0.4) is 0 Å². The summed E-state index contributed by atoms with van der Waals surface area (Å²) in [5, 5.41) is 10.8. The van der Waals surface area contributed by atoms with Crippen molar-refractivity contribution in [2.45, 2.75) is 0 Å². The Hall–Kier alpha value is -1.69. The fraction of sp³-hybridized carbons (Fsp3) is 0.125. The molecule has 0 aromatic heterocycles. The third kappa shape index (κ3) is 1.62. The minimum Gasteiger partial charge on any atom is -0.495 e. The van der Waals surface area contributed by atoms with Gasteiger partial charge in [0.25, 0.3) is 0 Å². The van der Waals surface area contributed by atoms with Crippen LogP contribution in [-0.4, -0.2) is 7.11 Å². The van der Waals surface area contributed by atoms with Gasteiger partial charge in [-0.25, -0.2) is 0 Å². The number of anilines is 1. The van der Waals surface area contributed by atoms with Crippen LogP contribution in [0.1, 0.15) is 0 Å². The van der Waals surface area contributed by atoms with Gasteiger partial charge < -0.3 is 4.74 Å². The van der Waals surface area contributed by atoms with Crippen molar-refractivity contribution in [3.05, 3.63) is 24.3 Å². The van der Waals surface area contributed by atoms with E-state index >= 15 is 0 Å². The lowest BCUT2D eigenvalue weighted by atomic mass is 10.3. The molecule has 0 saturated heterocycles. The first-order valence-corrected chi connectivity index (χ1v) is 3.16. The van der Waals surface area contributed by atoms with E-state index in [1.54, 1.807) is 19.2 Å². The number of methoxy groups -OCH3 is 1. The Morgan fingerprint density at radius 1 is 1.45 bits per heavy atom. The highest BCUT2D eigenvalue weighted by Gasteiger charge is 1.97. The maximum absolute atomic E-state index is 8.32. The van der Waals surface area contributed by atoms with E-state index in [0.717, 1.165) is 0 Å². The number of hydrogen-bond donors (Lipinski definition) is 1. The van der Waals surface area contributed by atoms with E-state index in [1.807, 2.05) is 18.3 Å². The van der Waals surface area contributed by atoms with Crippen molar-refractivity contribution in [2.75, 3.05) is 12.4 Å². The van der Waals surface area contributed by atoms with E-state index in [1.165, 1.54) is 0 Å². The molecule has 1 N–H and O–H groups in total. The number of hydrogen-bond acceptors (Lipinski definition) is 3. The van der Waals surface area contributed by atoms with Crippen molar-refractivity contribution >= 4 is 5.69 Å². The van der Waals surface area contributed by atoms with Crippen LogP contribution in [0.5, 0.6) is 5.75 Å². The first-order valence-electron chi connectivity index (χ1n) is 3.16. The van der Waals surface area contributed by atoms with Crippen LogP contribution in [0.2, 0.25) is 0 Å². The Labute approximate surface area is 65.2 Å². The number of nitriles is 1. The van der Waals surface area contributed by atoms with Gasteiger partial charge in [0.05, 0.1) is 12.8 Å². The number of benzene rings is 1. The summed E-state index contributed by atoms with van der Waals surface area (Å²) in [6.07, 6.45) is 1.83. The second kappa shape index (κ2) is 3.47. The first-order chi connectivity index (χ1) is 5.38. The van der Waals surface area contributed by atoms with E-state index in [0.29, 0.717) is 11.4 Å². The number of para-hydroxylation sites is 2. The lowest BCUT2D eigenvalue weighted by Crippen LogP contribution is -1.91. The molecule has 3 heteroatoms. The molecule has 0 aliphatic rings. The molecule has 0 amide bonds. The largest absolute Gasteiger partial charge is 0.495 e. The molecule has 0 fully saturated rings. The van der Waals surface area contributed by atoms with Crippen LogP contribution in [0, 0.1) is 11.5 Å². The topological polar surface area (TPSA) is 45.0 Å². The highest BCUT2D eigenvalue weighted by Crippen LogP contribution is 2.21. The van der Waals surface area contributed by atoms with Gasteiger partial charge in [-0.2, -0.15) is 5.26 Å². The number of ether oxygens (including phenoxy) is 1. The summed E-state index contributed by atoms with van der Waals surface area (Å²) < 4.78 is 4.98. The molecule has 56 valence electrons. The molecule has 3 nitrogen and oxygen atoms in total. The van der Waals surface area contributed by atoms with Crippen LogP contribution in [-0.2, 0) is 0 Å². The van der Waals surface area contributed by atoms with Gasteiger partial charge in [0.15, 0.2) is 6.19 Å². The Morgan fingerprint density at radius 3 is 2.82 bits per heavy atom. The standard InChI is InChI=1S/C8H8N2O/c1-11-8-5-3-2-4-7(8)10-6-9/h2-5,10H,1H3. The highest BCUT2D eigenvalue weighted by molar-refractivity contribution is 5.58. The predicted molar refractivity (Wildman–Crippen MR) is 42.2 cm³/mol. The molecule has 1 aromatic carbocycles. The molecule has 0 spiro atoms. The zero-order valence-electron chi connectivity index (χ0n) is 6.16. The van der Waals surface area contributed by atoms with Crippen LogP contribution < -0.4 is 10.1 Å². The molecule has 1 rings (SSSR count). The minimum atomic E-state index is 0.675. The predicted octanol–water partition coefficient (Wildman–Crippen LogP) is 1.59. The highest BCUT2D eigenvalue weighted by atomic mass is 16.5.